The molecule has 0 aliphatic carbocycles. The van der Waals surface area contributed by atoms with Gasteiger partial charge in [-0.05, 0) is 30.3 Å². The number of cyclic esters (lactones) is 1. The van der Waals surface area contributed by atoms with Crippen molar-refractivity contribution in [3.63, 3.8) is 0 Å². The van der Waals surface area contributed by atoms with Gasteiger partial charge in [-0.3, -0.25) is 9.88 Å². The minimum atomic E-state index is -0.548. The first-order valence-corrected chi connectivity index (χ1v) is 11.1. The number of hydrogen-bond acceptors (Lipinski definition) is 9. The van der Waals surface area contributed by atoms with Crippen LogP contribution in [0.4, 0.5) is 26.4 Å². The monoisotopic (exact) mass is 475 g/mol. The number of carbonyl (C=O) groups excluding carboxylic acids is 1. The van der Waals surface area contributed by atoms with E-state index in [0.717, 1.165) is 5.82 Å². The number of pyridine rings is 1. The lowest BCUT2D eigenvalue weighted by molar-refractivity contribution is 0.103. The van der Waals surface area contributed by atoms with E-state index in [9.17, 15) is 4.79 Å². The summed E-state index contributed by atoms with van der Waals surface area (Å²) in [6.45, 7) is 2.95. The fourth-order valence-electron chi connectivity index (χ4n) is 4.09. The number of aromatic nitrogens is 3. The lowest BCUT2D eigenvalue weighted by Gasteiger charge is -2.37. The summed E-state index contributed by atoms with van der Waals surface area (Å²) in [5.74, 6) is 0.733. The van der Waals surface area contributed by atoms with Crippen LogP contribution in [-0.2, 0) is 4.74 Å². The standard InChI is InChI=1S/C24H22FN7O3/c25-20-11-18(32-15-19(35-24(32)33)16-34-23-14-27-5-6-28-23)2-3-21(20)30-7-9-31(10-8-30)22-4-1-17(12-26)13-29-22/h1-6,11,13-14,19H,7-10,15-16H2/t19-/m1/s1. The molecule has 11 heteroatoms. The summed E-state index contributed by atoms with van der Waals surface area (Å²) in [6, 6.07) is 10.4. The molecule has 0 unspecified atom stereocenters. The van der Waals surface area contributed by atoms with Gasteiger partial charge in [-0.25, -0.2) is 19.2 Å². The average Bonchev–Trinajstić information content (AvgIpc) is 3.28. The number of rotatable bonds is 6. The van der Waals surface area contributed by atoms with Crippen molar-refractivity contribution >= 4 is 23.3 Å². The second-order valence-corrected chi connectivity index (χ2v) is 8.10. The number of nitrogens with zero attached hydrogens (tertiary/aromatic N) is 7. The summed E-state index contributed by atoms with van der Waals surface area (Å²) < 4.78 is 25.9. The van der Waals surface area contributed by atoms with Gasteiger partial charge in [-0.2, -0.15) is 5.26 Å². The Morgan fingerprint density at radius 3 is 2.60 bits per heavy atom. The van der Waals surface area contributed by atoms with E-state index in [4.69, 9.17) is 14.7 Å². The SMILES string of the molecule is N#Cc1ccc(N2CCN(c3ccc(N4C[C@H](COc5cnccn5)OC4=O)cc3F)CC2)nc1. The van der Waals surface area contributed by atoms with Crippen molar-refractivity contribution in [2.45, 2.75) is 6.10 Å². The Morgan fingerprint density at radius 2 is 1.91 bits per heavy atom. The zero-order chi connectivity index (χ0) is 24.2. The van der Waals surface area contributed by atoms with E-state index < -0.39 is 18.0 Å². The smallest absolute Gasteiger partial charge is 0.414 e. The normalized spacial score (nSPS) is 17.8. The van der Waals surface area contributed by atoms with Gasteiger partial charge < -0.3 is 19.3 Å². The Morgan fingerprint density at radius 1 is 1.09 bits per heavy atom. The first-order valence-electron chi connectivity index (χ1n) is 11.1. The molecular formula is C24H22FN7O3. The van der Waals surface area contributed by atoms with Crippen molar-refractivity contribution in [2.24, 2.45) is 0 Å². The highest BCUT2D eigenvalue weighted by atomic mass is 19.1. The molecule has 0 spiro atoms. The summed E-state index contributed by atoms with van der Waals surface area (Å²) in [6.07, 6.45) is 5.02. The van der Waals surface area contributed by atoms with Gasteiger partial charge in [0.1, 0.15) is 24.3 Å². The second-order valence-electron chi connectivity index (χ2n) is 8.10. The van der Waals surface area contributed by atoms with Crippen LogP contribution in [-0.4, -0.2) is 66.5 Å². The summed E-state index contributed by atoms with van der Waals surface area (Å²) >= 11 is 0. The number of hydrogen-bond donors (Lipinski definition) is 0. The Hall–Kier alpha value is -4.46. The fraction of sp³-hybridized carbons (Fsp3) is 0.292. The van der Waals surface area contributed by atoms with Gasteiger partial charge in [0.2, 0.25) is 5.88 Å². The zero-order valence-electron chi connectivity index (χ0n) is 18.7. The van der Waals surface area contributed by atoms with Crippen LogP contribution in [0.15, 0.2) is 55.1 Å². The summed E-state index contributed by atoms with van der Waals surface area (Å²) in [7, 11) is 0. The first kappa shape index (κ1) is 22.3. The molecule has 1 aromatic carbocycles. The molecule has 35 heavy (non-hydrogen) atoms. The maximum Gasteiger partial charge on any atom is 0.414 e. The van der Waals surface area contributed by atoms with E-state index in [2.05, 4.69) is 25.9 Å². The van der Waals surface area contributed by atoms with Gasteiger partial charge in [0.15, 0.2) is 6.10 Å². The van der Waals surface area contributed by atoms with Crippen LogP contribution in [0.3, 0.4) is 0 Å². The average molecular weight is 475 g/mol. The Balaban J connectivity index is 1.19. The Labute approximate surface area is 201 Å². The molecule has 1 amide bonds. The molecule has 10 nitrogen and oxygen atoms in total. The van der Waals surface area contributed by atoms with E-state index in [0.29, 0.717) is 49.0 Å². The van der Waals surface area contributed by atoms with Gasteiger partial charge in [0.25, 0.3) is 0 Å². The van der Waals surface area contributed by atoms with Crippen LogP contribution in [0, 0.1) is 17.1 Å². The third-order valence-corrected chi connectivity index (χ3v) is 5.89. The maximum atomic E-state index is 15.1. The molecule has 178 valence electrons. The van der Waals surface area contributed by atoms with Crippen molar-refractivity contribution in [1.29, 1.82) is 5.26 Å². The third kappa shape index (κ3) is 4.91. The summed E-state index contributed by atoms with van der Waals surface area (Å²) in [5, 5.41) is 8.92. The van der Waals surface area contributed by atoms with Crippen LogP contribution in [0.1, 0.15) is 5.56 Å². The van der Waals surface area contributed by atoms with E-state index in [1.54, 1.807) is 24.4 Å². The second kappa shape index (κ2) is 9.80. The lowest BCUT2D eigenvalue weighted by atomic mass is 10.2. The summed E-state index contributed by atoms with van der Waals surface area (Å²) in [5.41, 5.74) is 1.43. The van der Waals surface area contributed by atoms with Gasteiger partial charge >= 0.3 is 6.09 Å². The Bertz CT molecular complexity index is 1230. The number of amides is 1. The molecule has 1 atom stereocenters. The highest BCUT2D eigenvalue weighted by Crippen LogP contribution is 2.29. The van der Waals surface area contributed by atoms with Crippen molar-refractivity contribution in [3.8, 4) is 11.9 Å². The largest absolute Gasteiger partial charge is 0.473 e. The minimum absolute atomic E-state index is 0.125. The van der Waals surface area contributed by atoms with Crippen LogP contribution in [0.25, 0.3) is 0 Å². The number of carbonyl (C=O) groups is 1. The fourth-order valence-corrected chi connectivity index (χ4v) is 4.09. The van der Waals surface area contributed by atoms with Crippen molar-refractivity contribution in [2.75, 3.05) is 54.0 Å². The zero-order valence-corrected chi connectivity index (χ0v) is 18.7. The van der Waals surface area contributed by atoms with E-state index in [1.165, 1.54) is 29.6 Å². The molecule has 5 rings (SSSR count). The van der Waals surface area contributed by atoms with Gasteiger partial charge in [-0.1, -0.05) is 0 Å². The minimum Gasteiger partial charge on any atom is -0.473 e. The first-order chi connectivity index (χ1) is 17.1. The number of nitriles is 1. The number of piperazine rings is 1. The lowest BCUT2D eigenvalue weighted by Crippen LogP contribution is -2.47. The van der Waals surface area contributed by atoms with E-state index in [-0.39, 0.29) is 13.2 Å². The third-order valence-electron chi connectivity index (χ3n) is 5.89. The molecule has 2 saturated heterocycles. The predicted molar refractivity (Wildman–Crippen MR) is 125 cm³/mol. The van der Waals surface area contributed by atoms with Crippen molar-refractivity contribution < 1.29 is 18.7 Å². The molecule has 0 saturated carbocycles. The molecule has 2 aliphatic rings. The van der Waals surface area contributed by atoms with Crippen LogP contribution >= 0.6 is 0 Å². The van der Waals surface area contributed by atoms with Crippen LogP contribution in [0.2, 0.25) is 0 Å². The van der Waals surface area contributed by atoms with E-state index >= 15 is 4.39 Å². The number of ether oxygens (including phenoxy) is 2. The molecule has 2 aliphatic heterocycles. The van der Waals surface area contributed by atoms with E-state index in [1.807, 2.05) is 11.0 Å². The predicted octanol–water partition coefficient (Wildman–Crippen LogP) is 2.61. The summed E-state index contributed by atoms with van der Waals surface area (Å²) in [4.78, 5) is 30.1. The van der Waals surface area contributed by atoms with Gasteiger partial charge in [0.05, 0.1) is 29.7 Å². The molecule has 0 bridgehead atoms. The number of benzene rings is 1. The highest BCUT2D eigenvalue weighted by molar-refractivity contribution is 5.90. The number of halogens is 1. The van der Waals surface area contributed by atoms with Crippen LogP contribution in [0.5, 0.6) is 5.88 Å². The Kier molecular flexibility index (Phi) is 6.26. The molecule has 3 aromatic rings. The van der Waals surface area contributed by atoms with Gasteiger partial charge in [0, 0.05) is 44.8 Å². The molecular weight excluding hydrogens is 453 g/mol. The van der Waals surface area contributed by atoms with Crippen LogP contribution < -0.4 is 19.4 Å². The van der Waals surface area contributed by atoms with Crippen molar-refractivity contribution in [3.05, 3.63) is 66.5 Å². The molecule has 4 heterocycles. The maximum absolute atomic E-state index is 15.1. The highest BCUT2D eigenvalue weighted by Gasteiger charge is 2.33. The molecule has 0 N–H and O–H groups in total. The topological polar surface area (TPSA) is 108 Å². The quantitative estimate of drug-likeness (QED) is 0.532. The molecule has 2 fully saturated rings. The number of anilines is 3. The van der Waals surface area contributed by atoms with Gasteiger partial charge in [-0.15, -0.1) is 0 Å². The molecule has 0 radical (unpaired) electrons. The van der Waals surface area contributed by atoms with Crippen molar-refractivity contribution in [1.82, 2.24) is 15.0 Å². The molecule has 2 aromatic heterocycles.